The number of rotatable bonds is 5. The summed E-state index contributed by atoms with van der Waals surface area (Å²) >= 11 is 0. The third-order valence-corrected chi connectivity index (χ3v) is 3.66. The van der Waals surface area contributed by atoms with Crippen LogP contribution in [0.3, 0.4) is 0 Å². The molecule has 1 fully saturated rings. The minimum absolute atomic E-state index is 0.0839. The fraction of sp³-hybridized carbons (Fsp3) is 0.875. The molecule has 0 aliphatic carbocycles. The Labute approximate surface area is 128 Å². The van der Waals surface area contributed by atoms with E-state index in [-0.39, 0.29) is 23.7 Å². The van der Waals surface area contributed by atoms with Gasteiger partial charge >= 0.3 is 5.97 Å². The maximum atomic E-state index is 12.1. The standard InChI is InChI=1S/C16H30N2O3/c1-7-18-11-16(5,6)21-14(20)12(18)10-13(19)17-9-8-15(2,3)4/h12H,7-11H2,1-6H3,(H,17,19). The van der Waals surface area contributed by atoms with E-state index < -0.39 is 11.6 Å². The molecule has 0 aromatic carbocycles. The summed E-state index contributed by atoms with van der Waals surface area (Å²) in [4.78, 5) is 26.1. The van der Waals surface area contributed by atoms with Gasteiger partial charge in [-0.25, -0.2) is 0 Å². The lowest BCUT2D eigenvalue weighted by Gasteiger charge is -2.41. The van der Waals surface area contributed by atoms with Gasteiger partial charge in [-0.15, -0.1) is 0 Å². The van der Waals surface area contributed by atoms with E-state index in [1.54, 1.807) is 0 Å². The fourth-order valence-corrected chi connectivity index (χ4v) is 2.49. The zero-order chi connectivity index (χ0) is 16.3. The number of hydrogen-bond donors (Lipinski definition) is 1. The van der Waals surface area contributed by atoms with Crippen LogP contribution in [0, 0.1) is 5.41 Å². The largest absolute Gasteiger partial charge is 0.457 e. The van der Waals surface area contributed by atoms with Crippen molar-refractivity contribution < 1.29 is 14.3 Å². The highest BCUT2D eigenvalue weighted by Gasteiger charge is 2.40. The maximum absolute atomic E-state index is 12.1. The number of esters is 1. The molecule has 21 heavy (non-hydrogen) atoms. The third kappa shape index (κ3) is 6.04. The van der Waals surface area contributed by atoms with Crippen LogP contribution < -0.4 is 5.32 Å². The quantitative estimate of drug-likeness (QED) is 0.788. The second-order valence-corrected chi connectivity index (χ2v) is 7.62. The van der Waals surface area contributed by atoms with Gasteiger partial charge in [0.05, 0.1) is 6.42 Å². The number of nitrogens with zero attached hydrogens (tertiary/aromatic N) is 1. The molecule has 5 nitrogen and oxygen atoms in total. The van der Waals surface area contributed by atoms with Crippen molar-refractivity contribution in [2.24, 2.45) is 5.41 Å². The smallest absolute Gasteiger partial charge is 0.324 e. The van der Waals surface area contributed by atoms with E-state index in [1.165, 1.54) is 0 Å². The van der Waals surface area contributed by atoms with Crippen molar-refractivity contribution in [3.63, 3.8) is 0 Å². The molecule has 1 saturated heterocycles. The molecule has 0 radical (unpaired) electrons. The Hall–Kier alpha value is -1.10. The van der Waals surface area contributed by atoms with Gasteiger partial charge in [-0.3, -0.25) is 14.5 Å². The molecule has 0 aromatic heterocycles. The maximum Gasteiger partial charge on any atom is 0.324 e. The van der Waals surface area contributed by atoms with Gasteiger partial charge in [0.25, 0.3) is 0 Å². The molecule has 1 N–H and O–H groups in total. The van der Waals surface area contributed by atoms with Crippen LogP contribution in [0.2, 0.25) is 0 Å². The van der Waals surface area contributed by atoms with Crippen LogP contribution >= 0.6 is 0 Å². The number of amides is 1. The monoisotopic (exact) mass is 298 g/mol. The SMILES string of the molecule is CCN1CC(C)(C)OC(=O)C1CC(=O)NCCC(C)(C)C. The Bertz CT molecular complexity index is 385. The average Bonchev–Trinajstić information content (AvgIpc) is 2.29. The van der Waals surface area contributed by atoms with Crippen molar-refractivity contribution in [3.8, 4) is 0 Å². The van der Waals surface area contributed by atoms with E-state index in [4.69, 9.17) is 4.74 Å². The molecule has 1 atom stereocenters. The molecule has 1 rings (SSSR count). The second kappa shape index (κ2) is 6.77. The third-order valence-electron chi connectivity index (χ3n) is 3.66. The van der Waals surface area contributed by atoms with E-state index in [0.29, 0.717) is 13.1 Å². The van der Waals surface area contributed by atoms with Gasteiger partial charge in [-0.1, -0.05) is 27.7 Å². The van der Waals surface area contributed by atoms with Crippen molar-refractivity contribution in [3.05, 3.63) is 0 Å². The first-order valence-corrected chi connectivity index (χ1v) is 7.78. The molecule has 1 heterocycles. The molecule has 1 amide bonds. The highest BCUT2D eigenvalue weighted by Crippen LogP contribution is 2.23. The minimum atomic E-state index is -0.480. The Morgan fingerprint density at radius 3 is 2.57 bits per heavy atom. The lowest BCUT2D eigenvalue weighted by atomic mass is 9.92. The predicted octanol–water partition coefficient (Wildman–Crippen LogP) is 1.95. The van der Waals surface area contributed by atoms with Crippen LogP contribution in [0.1, 0.15) is 54.4 Å². The van der Waals surface area contributed by atoms with Crippen molar-refractivity contribution >= 4 is 11.9 Å². The van der Waals surface area contributed by atoms with Crippen LogP contribution in [0.4, 0.5) is 0 Å². The molecule has 0 saturated carbocycles. The summed E-state index contributed by atoms with van der Waals surface area (Å²) in [5, 5.41) is 2.90. The number of hydrogen-bond acceptors (Lipinski definition) is 4. The molecule has 122 valence electrons. The molecule has 1 unspecified atom stereocenters. The van der Waals surface area contributed by atoms with Crippen LogP contribution in [0.15, 0.2) is 0 Å². The van der Waals surface area contributed by atoms with E-state index in [2.05, 4.69) is 26.1 Å². The first kappa shape index (κ1) is 18.0. The number of carbonyl (C=O) groups excluding carboxylic acids is 2. The van der Waals surface area contributed by atoms with E-state index in [9.17, 15) is 9.59 Å². The summed E-state index contributed by atoms with van der Waals surface area (Å²) in [6.07, 6.45) is 1.09. The van der Waals surface area contributed by atoms with Gasteiger partial charge in [0, 0.05) is 13.1 Å². The summed E-state index contributed by atoms with van der Waals surface area (Å²) in [7, 11) is 0. The van der Waals surface area contributed by atoms with Crippen LogP contribution in [-0.2, 0) is 14.3 Å². The van der Waals surface area contributed by atoms with Gasteiger partial charge in [0.1, 0.15) is 11.6 Å². The first-order chi connectivity index (χ1) is 9.54. The molecule has 0 aromatic rings. The van der Waals surface area contributed by atoms with E-state index in [0.717, 1.165) is 13.0 Å². The summed E-state index contributed by atoms with van der Waals surface area (Å²) in [5.74, 6) is -0.376. The number of cyclic esters (lactones) is 1. The topological polar surface area (TPSA) is 58.6 Å². The number of carbonyl (C=O) groups is 2. The Balaban J connectivity index is 2.52. The van der Waals surface area contributed by atoms with Crippen LogP contribution in [0.5, 0.6) is 0 Å². The zero-order valence-electron chi connectivity index (χ0n) is 14.3. The number of morpholine rings is 1. The van der Waals surface area contributed by atoms with Gasteiger partial charge < -0.3 is 10.1 Å². The molecule has 1 aliphatic heterocycles. The highest BCUT2D eigenvalue weighted by molar-refractivity contribution is 5.85. The zero-order valence-corrected chi connectivity index (χ0v) is 14.3. The second-order valence-electron chi connectivity index (χ2n) is 7.62. The van der Waals surface area contributed by atoms with E-state index >= 15 is 0 Å². The Morgan fingerprint density at radius 2 is 2.05 bits per heavy atom. The first-order valence-electron chi connectivity index (χ1n) is 7.78. The summed E-state index contributed by atoms with van der Waals surface area (Å²) in [6, 6.07) is -0.460. The fourth-order valence-electron chi connectivity index (χ4n) is 2.49. The lowest BCUT2D eigenvalue weighted by Crippen LogP contribution is -2.57. The molecule has 0 bridgehead atoms. The highest BCUT2D eigenvalue weighted by atomic mass is 16.6. The van der Waals surface area contributed by atoms with Gasteiger partial charge in [0.2, 0.25) is 5.91 Å². The van der Waals surface area contributed by atoms with Crippen molar-refractivity contribution in [2.45, 2.75) is 66.0 Å². The van der Waals surface area contributed by atoms with Crippen molar-refractivity contribution in [2.75, 3.05) is 19.6 Å². The van der Waals surface area contributed by atoms with Crippen LogP contribution in [-0.4, -0.2) is 48.1 Å². The minimum Gasteiger partial charge on any atom is -0.457 e. The normalized spacial score (nSPS) is 22.8. The summed E-state index contributed by atoms with van der Waals surface area (Å²) in [6.45, 7) is 14.2. The Morgan fingerprint density at radius 1 is 1.43 bits per heavy atom. The molecule has 1 aliphatic rings. The van der Waals surface area contributed by atoms with Crippen molar-refractivity contribution in [1.29, 1.82) is 0 Å². The number of ether oxygens (including phenoxy) is 1. The molecular formula is C16H30N2O3. The molecule has 5 heteroatoms. The average molecular weight is 298 g/mol. The predicted molar refractivity (Wildman–Crippen MR) is 82.9 cm³/mol. The van der Waals surface area contributed by atoms with Gasteiger partial charge in [0.15, 0.2) is 0 Å². The summed E-state index contributed by atoms with van der Waals surface area (Å²) < 4.78 is 5.42. The lowest BCUT2D eigenvalue weighted by molar-refractivity contribution is -0.178. The summed E-state index contributed by atoms with van der Waals surface area (Å²) in [5.41, 5.74) is -0.289. The Kier molecular flexibility index (Phi) is 5.79. The van der Waals surface area contributed by atoms with Gasteiger partial charge in [-0.05, 0) is 32.2 Å². The number of nitrogens with one attached hydrogen (secondary N) is 1. The number of likely N-dealkylation sites (N-methyl/N-ethyl adjacent to an activating group) is 1. The van der Waals surface area contributed by atoms with Crippen molar-refractivity contribution in [1.82, 2.24) is 10.2 Å². The molecular weight excluding hydrogens is 268 g/mol. The molecule has 0 spiro atoms. The van der Waals surface area contributed by atoms with E-state index in [1.807, 2.05) is 25.7 Å². The van der Waals surface area contributed by atoms with Crippen LogP contribution in [0.25, 0.3) is 0 Å². The van der Waals surface area contributed by atoms with Gasteiger partial charge in [-0.2, -0.15) is 0 Å².